The lowest BCUT2D eigenvalue weighted by atomic mass is 10.1. The van der Waals surface area contributed by atoms with Crippen molar-refractivity contribution in [2.45, 2.75) is 19.4 Å². The van der Waals surface area contributed by atoms with Gasteiger partial charge in [-0.2, -0.15) is 0 Å². The first-order valence-electron chi connectivity index (χ1n) is 7.24. The minimum atomic E-state index is -0.391. The molecule has 2 aromatic rings. The van der Waals surface area contributed by atoms with E-state index >= 15 is 0 Å². The molecule has 1 aliphatic heterocycles. The number of rotatable bonds is 3. The first-order chi connectivity index (χ1) is 10.7. The zero-order chi connectivity index (χ0) is 15.4. The lowest BCUT2D eigenvalue weighted by Crippen LogP contribution is -2.28. The summed E-state index contributed by atoms with van der Waals surface area (Å²) >= 11 is 0. The van der Waals surface area contributed by atoms with Crippen molar-refractivity contribution in [1.82, 2.24) is 10.3 Å². The Labute approximate surface area is 128 Å². The van der Waals surface area contributed by atoms with Gasteiger partial charge in [-0.15, -0.1) is 0 Å². The number of amides is 2. The smallest absolute Gasteiger partial charge is 0.319 e. The van der Waals surface area contributed by atoms with Crippen molar-refractivity contribution in [3.63, 3.8) is 0 Å². The molecule has 1 aromatic carbocycles. The molecule has 0 unspecified atom stereocenters. The highest BCUT2D eigenvalue weighted by Gasteiger charge is 2.10. The van der Waals surface area contributed by atoms with Crippen LogP contribution >= 0.6 is 0 Å². The normalized spacial score (nSPS) is 13.0. The lowest BCUT2D eigenvalue weighted by molar-refractivity contribution is 0.251. The minimum absolute atomic E-state index is 0.316. The average Bonchev–Trinajstić information content (AvgIpc) is 2.53. The Kier molecular flexibility index (Phi) is 4.18. The SMILES string of the molecule is O=C(NCc1ccc2c(n1)NCCC2)Nc1cccc(F)c1. The Hall–Kier alpha value is -2.63. The zero-order valence-electron chi connectivity index (χ0n) is 12.0. The standard InChI is InChI=1S/C16H17FN4O/c17-12-4-1-5-13(9-12)21-16(22)19-10-14-7-6-11-3-2-8-18-15(11)20-14/h1,4-7,9H,2-3,8,10H2,(H,18,20)(H2,19,21,22). The van der Waals surface area contributed by atoms with Gasteiger partial charge in [0.2, 0.25) is 0 Å². The van der Waals surface area contributed by atoms with Gasteiger partial charge in [-0.05, 0) is 42.7 Å². The van der Waals surface area contributed by atoms with Gasteiger partial charge in [0.05, 0.1) is 12.2 Å². The molecule has 0 radical (unpaired) electrons. The monoisotopic (exact) mass is 300 g/mol. The highest BCUT2D eigenvalue weighted by atomic mass is 19.1. The molecule has 3 N–H and O–H groups in total. The van der Waals surface area contributed by atoms with E-state index < -0.39 is 6.03 Å². The van der Waals surface area contributed by atoms with Gasteiger partial charge in [-0.1, -0.05) is 12.1 Å². The molecule has 0 aliphatic carbocycles. The summed E-state index contributed by atoms with van der Waals surface area (Å²) in [6.07, 6.45) is 2.14. The van der Waals surface area contributed by atoms with Crippen LogP contribution in [0.3, 0.4) is 0 Å². The number of fused-ring (bicyclic) bond motifs is 1. The van der Waals surface area contributed by atoms with Crippen molar-refractivity contribution in [3.05, 3.63) is 53.5 Å². The number of anilines is 2. The Bertz CT molecular complexity index is 690. The number of nitrogens with one attached hydrogen (secondary N) is 3. The van der Waals surface area contributed by atoms with Crippen LogP contribution in [0, 0.1) is 5.82 Å². The number of nitrogens with zero attached hydrogens (tertiary/aromatic N) is 1. The quantitative estimate of drug-likeness (QED) is 0.816. The third kappa shape index (κ3) is 3.52. The van der Waals surface area contributed by atoms with E-state index in [1.807, 2.05) is 12.1 Å². The highest BCUT2D eigenvalue weighted by Crippen LogP contribution is 2.19. The van der Waals surface area contributed by atoms with E-state index in [0.717, 1.165) is 30.9 Å². The third-order valence-corrected chi connectivity index (χ3v) is 3.46. The third-order valence-electron chi connectivity index (χ3n) is 3.46. The summed E-state index contributed by atoms with van der Waals surface area (Å²) in [4.78, 5) is 16.3. The van der Waals surface area contributed by atoms with Crippen LogP contribution in [-0.4, -0.2) is 17.6 Å². The number of carbonyl (C=O) groups is 1. The molecule has 22 heavy (non-hydrogen) atoms. The molecule has 3 rings (SSSR count). The number of urea groups is 1. The summed E-state index contributed by atoms with van der Waals surface area (Å²) in [5.74, 6) is 0.510. The van der Waals surface area contributed by atoms with Crippen LogP contribution in [-0.2, 0) is 13.0 Å². The Balaban J connectivity index is 1.57. The number of halogens is 1. The topological polar surface area (TPSA) is 66.0 Å². The molecule has 1 aliphatic rings. The molecule has 2 amide bonds. The molecule has 6 heteroatoms. The number of carbonyl (C=O) groups excluding carboxylic acids is 1. The van der Waals surface area contributed by atoms with Gasteiger partial charge in [0.15, 0.2) is 0 Å². The van der Waals surface area contributed by atoms with Crippen molar-refractivity contribution in [1.29, 1.82) is 0 Å². The number of aryl methyl sites for hydroxylation is 1. The maximum atomic E-state index is 13.0. The molecule has 0 fully saturated rings. The van der Waals surface area contributed by atoms with E-state index in [1.54, 1.807) is 12.1 Å². The summed E-state index contributed by atoms with van der Waals surface area (Å²) in [7, 11) is 0. The largest absolute Gasteiger partial charge is 0.370 e. The van der Waals surface area contributed by atoms with Crippen molar-refractivity contribution in [2.75, 3.05) is 17.2 Å². The molecule has 2 heterocycles. The van der Waals surface area contributed by atoms with Crippen LogP contribution in [0.2, 0.25) is 0 Å². The van der Waals surface area contributed by atoms with Crippen LogP contribution in [0.1, 0.15) is 17.7 Å². The van der Waals surface area contributed by atoms with E-state index in [4.69, 9.17) is 0 Å². The maximum Gasteiger partial charge on any atom is 0.319 e. The Morgan fingerprint density at radius 2 is 2.23 bits per heavy atom. The molecular formula is C16H17FN4O. The molecule has 0 atom stereocenters. The predicted molar refractivity (Wildman–Crippen MR) is 83.3 cm³/mol. The van der Waals surface area contributed by atoms with Crippen LogP contribution in [0.25, 0.3) is 0 Å². The van der Waals surface area contributed by atoms with Gasteiger partial charge in [0.25, 0.3) is 0 Å². The summed E-state index contributed by atoms with van der Waals surface area (Å²) in [6.45, 7) is 1.24. The van der Waals surface area contributed by atoms with Gasteiger partial charge >= 0.3 is 6.03 Å². The maximum absolute atomic E-state index is 13.0. The van der Waals surface area contributed by atoms with Crippen LogP contribution in [0.4, 0.5) is 20.7 Å². The van der Waals surface area contributed by atoms with Gasteiger partial charge in [0.1, 0.15) is 11.6 Å². The lowest BCUT2D eigenvalue weighted by Gasteiger charge is -2.17. The Morgan fingerprint density at radius 3 is 3.09 bits per heavy atom. The second-order valence-electron chi connectivity index (χ2n) is 5.16. The predicted octanol–water partition coefficient (Wildman–Crippen LogP) is 2.90. The van der Waals surface area contributed by atoms with Crippen molar-refractivity contribution in [2.24, 2.45) is 0 Å². The number of hydrogen-bond acceptors (Lipinski definition) is 3. The van der Waals surface area contributed by atoms with E-state index in [-0.39, 0.29) is 5.82 Å². The first-order valence-corrected chi connectivity index (χ1v) is 7.24. The molecule has 0 bridgehead atoms. The second kappa shape index (κ2) is 6.43. The second-order valence-corrected chi connectivity index (χ2v) is 5.16. The van der Waals surface area contributed by atoms with Gasteiger partial charge < -0.3 is 16.0 Å². The molecule has 5 nitrogen and oxygen atoms in total. The number of pyridine rings is 1. The van der Waals surface area contributed by atoms with Gasteiger partial charge in [-0.3, -0.25) is 0 Å². The molecule has 114 valence electrons. The van der Waals surface area contributed by atoms with Crippen molar-refractivity contribution in [3.8, 4) is 0 Å². The van der Waals surface area contributed by atoms with E-state index in [9.17, 15) is 9.18 Å². The van der Waals surface area contributed by atoms with Gasteiger partial charge in [-0.25, -0.2) is 14.2 Å². The fourth-order valence-corrected chi connectivity index (χ4v) is 2.38. The van der Waals surface area contributed by atoms with Crippen LogP contribution in [0.15, 0.2) is 36.4 Å². The molecular weight excluding hydrogens is 283 g/mol. The molecule has 0 saturated heterocycles. The van der Waals surface area contributed by atoms with E-state index in [1.165, 1.54) is 17.7 Å². The molecule has 0 spiro atoms. The summed E-state index contributed by atoms with van der Waals surface area (Å²) in [5, 5.41) is 8.55. The number of benzene rings is 1. The van der Waals surface area contributed by atoms with Gasteiger partial charge in [0, 0.05) is 12.2 Å². The number of aromatic nitrogens is 1. The fraction of sp³-hybridized carbons (Fsp3) is 0.250. The first kappa shape index (κ1) is 14.3. The number of hydrogen-bond donors (Lipinski definition) is 3. The minimum Gasteiger partial charge on any atom is -0.370 e. The summed E-state index contributed by atoms with van der Waals surface area (Å²) in [6, 6.07) is 9.32. The highest BCUT2D eigenvalue weighted by molar-refractivity contribution is 5.89. The van der Waals surface area contributed by atoms with Crippen LogP contribution < -0.4 is 16.0 Å². The zero-order valence-corrected chi connectivity index (χ0v) is 12.0. The van der Waals surface area contributed by atoms with Crippen molar-refractivity contribution < 1.29 is 9.18 Å². The van der Waals surface area contributed by atoms with Crippen LogP contribution in [0.5, 0.6) is 0 Å². The Morgan fingerprint density at radius 1 is 1.32 bits per heavy atom. The molecule has 1 aromatic heterocycles. The summed E-state index contributed by atoms with van der Waals surface area (Å²) < 4.78 is 13.0. The van der Waals surface area contributed by atoms with E-state index in [0.29, 0.717) is 12.2 Å². The average molecular weight is 300 g/mol. The molecule has 0 saturated carbocycles. The van der Waals surface area contributed by atoms with Crippen molar-refractivity contribution >= 4 is 17.5 Å². The van der Waals surface area contributed by atoms with E-state index in [2.05, 4.69) is 20.9 Å². The summed E-state index contributed by atoms with van der Waals surface area (Å²) in [5.41, 5.74) is 2.40. The fourth-order valence-electron chi connectivity index (χ4n) is 2.38.